The molecule has 0 aliphatic rings. The molecule has 0 saturated carbocycles. The molecule has 248 valence electrons. The largest absolute Gasteiger partial charge is 0.0622 e. The van der Waals surface area contributed by atoms with Gasteiger partial charge in [-0.05, 0) is 132 Å². The van der Waals surface area contributed by atoms with Crippen LogP contribution in [0.2, 0.25) is 0 Å². The first kappa shape index (κ1) is 29.5. The van der Waals surface area contributed by atoms with E-state index in [9.17, 15) is 0 Å². The van der Waals surface area contributed by atoms with Crippen LogP contribution in [0.5, 0.6) is 0 Å². The van der Waals surface area contributed by atoms with Gasteiger partial charge in [0.05, 0.1) is 0 Å². The van der Waals surface area contributed by atoms with E-state index < -0.39 is 0 Å². The van der Waals surface area contributed by atoms with Crippen LogP contribution in [-0.4, -0.2) is 0 Å². The maximum Gasteiger partial charge on any atom is -0.000719 e. The van der Waals surface area contributed by atoms with E-state index in [-0.39, 0.29) is 0 Å². The molecule has 0 saturated heterocycles. The summed E-state index contributed by atoms with van der Waals surface area (Å²) in [7, 11) is 0. The molecular formula is C54H32. The zero-order valence-electron chi connectivity index (χ0n) is 29.5. The summed E-state index contributed by atoms with van der Waals surface area (Å²) in [4.78, 5) is 0. The maximum absolute atomic E-state index is 2.54. The predicted molar refractivity (Wildman–Crippen MR) is 233 cm³/mol. The molecule has 54 heavy (non-hydrogen) atoms. The lowest BCUT2D eigenvalue weighted by Crippen LogP contribution is -1.93. The highest BCUT2D eigenvalue weighted by Gasteiger charge is 2.27. The van der Waals surface area contributed by atoms with Crippen molar-refractivity contribution < 1.29 is 0 Å². The summed E-state index contributed by atoms with van der Waals surface area (Å²) in [5, 5.41) is 18.3. The molecule has 0 heteroatoms. The van der Waals surface area contributed by atoms with Gasteiger partial charge < -0.3 is 0 Å². The Balaban J connectivity index is 1.39. The molecule has 12 rings (SSSR count). The minimum absolute atomic E-state index is 1.22. The molecule has 0 aliphatic carbocycles. The number of rotatable bonds is 4. The fourth-order valence-electron chi connectivity index (χ4n) is 9.77. The second kappa shape index (κ2) is 11.2. The molecule has 0 atom stereocenters. The Morgan fingerprint density at radius 3 is 0.981 bits per heavy atom. The van der Waals surface area contributed by atoms with Crippen molar-refractivity contribution in [2.24, 2.45) is 0 Å². The van der Waals surface area contributed by atoms with Crippen molar-refractivity contribution in [3.8, 4) is 44.5 Å². The van der Waals surface area contributed by atoms with Crippen molar-refractivity contribution in [2.45, 2.75) is 0 Å². The van der Waals surface area contributed by atoms with Gasteiger partial charge in [0.1, 0.15) is 0 Å². The van der Waals surface area contributed by atoms with Gasteiger partial charge in [0.2, 0.25) is 0 Å². The topological polar surface area (TPSA) is 0 Å². The Labute approximate surface area is 312 Å². The van der Waals surface area contributed by atoms with Crippen molar-refractivity contribution >= 4 is 75.4 Å². The molecule has 0 heterocycles. The third-order valence-electron chi connectivity index (χ3n) is 11.9. The number of hydrogen-bond acceptors (Lipinski definition) is 0. The third-order valence-corrected chi connectivity index (χ3v) is 11.9. The Morgan fingerprint density at radius 2 is 0.556 bits per heavy atom. The first-order valence-corrected chi connectivity index (χ1v) is 18.9. The monoisotopic (exact) mass is 680 g/mol. The molecule has 0 fully saturated rings. The van der Waals surface area contributed by atoms with Crippen LogP contribution in [0.3, 0.4) is 0 Å². The maximum atomic E-state index is 2.54. The van der Waals surface area contributed by atoms with Crippen molar-refractivity contribution in [3.63, 3.8) is 0 Å². The molecule has 0 N–H and O–H groups in total. The fraction of sp³-hybridized carbons (Fsp3) is 0. The molecule has 0 unspecified atom stereocenters. The van der Waals surface area contributed by atoms with Crippen LogP contribution in [0.4, 0.5) is 0 Å². The lowest BCUT2D eigenvalue weighted by atomic mass is 9.82. The number of hydrogen-bond donors (Lipinski definition) is 0. The van der Waals surface area contributed by atoms with E-state index in [0.29, 0.717) is 0 Å². The Bertz CT molecular complexity index is 3190. The van der Waals surface area contributed by atoms with Crippen LogP contribution >= 0.6 is 0 Å². The van der Waals surface area contributed by atoms with Crippen LogP contribution < -0.4 is 0 Å². The summed E-state index contributed by atoms with van der Waals surface area (Å²) in [6.07, 6.45) is 0. The molecule has 0 radical (unpaired) electrons. The zero-order valence-corrected chi connectivity index (χ0v) is 29.5. The lowest BCUT2D eigenvalue weighted by molar-refractivity contribution is 1.61. The molecule has 12 aromatic rings. The smallest absolute Gasteiger partial charge is 0.000719 e. The highest BCUT2D eigenvalue weighted by Crippen LogP contribution is 2.55. The van der Waals surface area contributed by atoms with Gasteiger partial charge in [0.25, 0.3) is 0 Å². The van der Waals surface area contributed by atoms with E-state index in [2.05, 4.69) is 194 Å². The van der Waals surface area contributed by atoms with Gasteiger partial charge >= 0.3 is 0 Å². The average molecular weight is 681 g/mol. The summed E-state index contributed by atoms with van der Waals surface area (Å²) in [6.45, 7) is 0. The van der Waals surface area contributed by atoms with Gasteiger partial charge in [-0.3, -0.25) is 0 Å². The summed E-state index contributed by atoms with van der Waals surface area (Å²) >= 11 is 0. The van der Waals surface area contributed by atoms with Gasteiger partial charge in [-0.15, -0.1) is 0 Å². The first-order valence-electron chi connectivity index (χ1n) is 18.9. The van der Waals surface area contributed by atoms with Gasteiger partial charge in [0, 0.05) is 0 Å². The Morgan fingerprint density at radius 1 is 0.204 bits per heavy atom. The quantitative estimate of drug-likeness (QED) is 0.174. The van der Waals surface area contributed by atoms with Gasteiger partial charge in [0.15, 0.2) is 0 Å². The Kier molecular flexibility index (Phi) is 6.15. The van der Waals surface area contributed by atoms with Crippen LogP contribution in [0.1, 0.15) is 0 Å². The van der Waals surface area contributed by atoms with E-state index >= 15 is 0 Å². The third kappa shape index (κ3) is 4.03. The van der Waals surface area contributed by atoms with Gasteiger partial charge in [-0.2, -0.15) is 0 Å². The van der Waals surface area contributed by atoms with Gasteiger partial charge in [-0.25, -0.2) is 0 Å². The van der Waals surface area contributed by atoms with Crippen LogP contribution in [0, 0.1) is 0 Å². The van der Waals surface area contributed by atoms with Crippen molar-refractivity contribution in [1.29, 1.82) is 0 Å². The number of benzene rings is 10. The summed E-state index contributed by atoms with van der Waals surface area (Å²) in [6, 6.07) is 72.3. The molecular weight excluding hydrogens is 649 g/mol. The van der Waals surface area contributed by atoms with E-state index in [1.165, 1.54) is 120 Å². The minimum atomic E-state index is 1.22. The van der Waals surface area contributed by atoms with Crippen molar-refractivity contribution in [3.05, 3.63) is 194 Å². The molecule has 0 aromatic heterocycles. The Hall–Kier alpha value is -7.02. The van der Waals surface area contributed by atoms with Crippen molar-refractivity contribution in [2.75, 3.05) is 0 Å². The zero-order chi connectivity index (χ0) is 35.3. The van der Waals surface area contributed by atoms with E-state index in [1.54, 1.807) is 0 Å². The van der Waals surface area contributed by atoms with E-state index in [0.717, 1.165) is 0 Å². The molecule has 0 aliphatic heterocycles. The summed E-state index contributed by atoms with van der Waals surface area (Å²) in [5.74, 6) is 0. The molecule has 0 bridgehead atoms. The average Bonchev–Trinajstić information content (AvgIpc) is 3.74. The van der Waals surface area contributed by atoms with Gasteiger partial charge in [-0.1, -0.05) is 182 Å². The highest BCUT2D eigenvalue weighted by molar-refractivity contribution is 6.42. The second-order valence-corrected chi connectivity index (χ2v) is 14.7. The predicted octanol–water partition coefficient (Wildman–Crippen LogP) is 15.3. The van der Waals surface area contributed by atoms with Crippen LogP contribution in [0.25, 0.3) is 120 Å². The van der Waals surface area contributed by atoms with Crippen LogP contribution in [-0.2, 0) is 0 Å². The summed E-state index contributed by atoms with van der Waals surface area (Å²) in [5.41, 5.74) is 10.0. The van der Waals surface area contributed by atoms with Crippen molar-refractivity contribution in [1.82, 2.24) is 0 Å². The second-order valence-electron chi connectivity index (χ2n) is 14.7. The SMILES string of the molecule is c1ccc(-c2ccccc2-c2c3cc4c(cc3c(-c3ccccc3-c3ccccc3)c3c5cccc6cccc(c23)c65)c2cccc3cccc4c32)cc1. The molecule has 0 amide bonds. The number of fused-ring (bicyclic) bond motifs is 7. The highest BCUT2D eigenvalue weighted by atomic mass is 14.3. The standard InChI is InChI=1S/C54H32/c1-3-15-33(16-4-1)37-23-7-9-25-39(37)51-47-31-45-41-27-11-19-35-20-12-28-42(49(35)41)46(45)32-48(47)52(40-26-10-8-24-38(40)34-17-5-2-6-18-34)54-44-30-14-22-36-21-13-29-43(50(36)44)53(51)54/h1-32H. The van der Waals surface area contributed by atoms with Crippen LogP contribution in [0.15, 0.2) is 194 Å². The van der Waals surface area contributed by atoms with E-state index in [1.807, 2.05) is 0 Å². The molecule has 12 aromatic carbocycles. The normalized spacial score (nSPS) is 12.1. The fourth-order valence-corrected chi connectivity index (χ4v) is 9.77. The summed E-state index contributed by atoms with van der Waals surface area (Å²) < 4.78 is 0. The first-order chi connectivity index (χ1) is 26.8. The minimum Gasteiger partial charge on any atom is -0.0622 e. The lowest BCUT2D eigenvalue weighted by Gasteiger charge is -2.21. The van der Waals surface area contributed by atoms with E-state index in [4.69, 9.17) is 0 Å². The molecule has 0 spiro atoms. The molecule has 0 nitrogen and oxygen atoms in total.